The molecule has 0 radical (unpaired) electrons. The Balaban J connectivity index is 1.76. The Labute approximate surface area is 208 Å². The quantitative estimate of drug-likeness (QED) is 0.290. The van der Waals surface area contributed by atoms with Crippen molar-refractivity contribution < 1.29 is 4.79 Å². The van der Waals surface area contributed by atoms with Gasteiger partial charge in [0.1, 0.15) is 0 Å². The minimum absolute atomic E-state index is 0.113. The molecule has 0 aliphatic heterocycles. The van der Waals surface area contributed by atoms with Gasteiger partial charge < -0.3 is 5.32 Å². The van der Waals surface area contributed by atoms with Crippen LogP contribution in [0.2, 0.25) is 0 Å². The normalized spacial score (nSPS) is 12.9. The molecular formula is C32H32N2O. The van der Waals surface area contributed by atoms with Crippen LogP contribution in [0.3, 0.4) is 0 Å². The molecule has 176 valence electrons. The molecule has 2 atom stereocenters. The van der Waals surface area contributed by atoms with E-state index in [4.69, 9.17) is 4.99 Å². The molecular weight excluding hydrogens is 428 g/mol. The zero-order valence-electron chi connectivity index (χ0n) is 20.8. The van der Waals surface area contributed by atoms with E-state index in [2.05, 4.69) is 98.9 Å². The molecule has 0 aromatic heterocycles. The second-order valence-corrected chi connectivity index (χ2v) is 9.27. The Bertz CT molecular complexity index is 1290. The average molecular weight is 461 g/mol. The third-order valence-electron chi connectivity index (χ3n) is 6.23. The topological polar surface area (TPSA) is 41.5 Å². The van der Waals surface area contributed by atoms with Crippen molar-refractivity contribution >= 4 is 12.1 Å². The van der Waals surface area contributed by atoms with E-state index >= 15 is 0 Å². The second-order valence-electron chi connectivity index (χ2n) is 9.27. The standard InChI is InChI=1S/C32H32N2O/c1-22-5-13-26(14-6-22)21-33-30(27-15-7-23(2)8-16-27)31(28-17-9-24(3)10-18-28)34-32(35)29-19-11-25(4)12-20-29/h5-21,30-31H,1-4H3,(H,34,35)/b33-21-. The Kier molecular flexibility index (Phi) is 7.57. The number of nitrogens with one attached hydrogen (secondary N) is 1. The van der Waals surface area contributed by atoms with Crippen molar-refractivity contribution in [2.75, 3.05) is 0 Å². The number of amides is 1. The van der Waals surface area contributed by atoms with Gasteiger partial charge in [0.2, 0.25) is 0 Å². The molecule has 0 aliphatic rings. The zero-order valence-corrected chi connectivity index (χ0v) is 20.8. The van der Waals surface area contributed by atoms with Crippen LogP contribution in [0.25, 0.3) is 0 Å². The van der Waals surface area contributed by atoms with Crippen LogP contribution in [-0.2, 0) is 0 Å². The molecule has 0 fully saturated rings. The molecule has 0 spiro atoms. The molecule has 1 N–H and O–H groups in total. The van der Waals surface area contributed by atoms with E-state index in [1.54, 1.807) is 0 Å². The van der Waals surface area contributed by atoms with Crippen LogP contribution in [-0.4, -0.2) is 12.1 Å². The number of nitrogens with zero attached hydrogens (tertiary/aromatic N) is 1. The van der Waals surface area contributed by atoms with Crippen LogP contribution in [0.15, 0.2) is 102 Å². The van der Waals surface area contributed by atoms with Gasteiger partial charge in [-0.2, -0.15) is 0 Å². The van der Waals surface area contributed by atoms with Gasteiger partial charge in [0.25, 0.3) is 5.91 Å². The molecule has 0 aliphatic carbocycles. The average Bonchev–Trinajstić information content (AvgIpc) is 2.86. The number of hydrogen-bond acceptors (Lipinski definition) is 2. The zero-order chi connectivity index (χ0) is 24.8. The lowest BCUT2D eigenvalue weighted by Crippen LogP contribution is -2.32. The minimum atomic E-state index is -0.339. The fourth-order valence-electron chi connectivity index (χ4n) is 3.99. The van der Waals surface area contributed by atoms with Crippen molar-refractivity contribution in [2.24, 2.45) is 4.99 Å². The maximum Gasteiger partial charge on any atom is 0.251 e. The van der Waals surface area contributed by atoms with E-state index in [-0.39, 0.29) is 18.0 Å². The van der Waals surface area contributed by atoms with Crippen LogP contribution in [0.1, 0.15) is 61.4 Å². The summed E-state index contributed by atoms with van der Waals surface area (Å²) in [7, 11) is 0. The lowest BCUT2D eigenvalue weighted by Gasteiger charge is -2.27. The van der Waals surface area contributed by atoms with Crippen molar-refractivity contribution in [3.05, 3.63) is 142 Å². The van der Waals surface area contributed by atoms with Crippen molar-refractivity contribution in [3.63, 3.8) is 0 Å². The summed E-state index contributed by atoms with van der Waals surface area (Å²) in [6.45, 7) is 8.23. The van der Waals surface area contributed by atoms with E-state index in [9.17, 15) is 4.79 Å². The molecule has 4 aromatic rings. The van der Waals surface area contributed by atoms with E-state index in [1.807, 2.05) is 37.4 Å². The van der Waals surface area contributed by atoms with Crippen molar-refractivity contribution in [1.82, 2.24) is 5.32 Å². The lowest BCUT2D eigenvalue weighted by atomic mass is 9.92. The van der Waals surface area contributed by atoms with E-state index < -0.39 is 0 Å². The molecule has 3 nitrogen and oxygen atoms in total. The third-order valence-corrected chi connectivity index (χ3v) is 6.23. The van der Waals surface area contributed by atoms with Gasteiger partial charge in [-0.25, -0.2) is 0 Å². The summed E-state index contributed by atoms with van der Waals surface area (Å²) < 4.78 is 0. The number of aryl methyl sites for hydroxylation is 4. The number of carbonyl (C=O) groups is 1. The van der Waals surface area contributed by atoms with E-state index in [0.29, 0.717) is 5.56 Å². The molecule has 0 saturated heterocycles. The second kappa shape index (κ2) is 11.0. The number of hydrogen-bond donors (Lipinski definition) is 1. The van der Waals surface area contributed by atoms with Crippen molar-refractivity contribution in [1.29, 1.82) is 0 Å². The summed E-state index contributed by atoms with van der Waals surface area (Å²) in [5, 5.41) is 3.29. The predicted octanol–water partition coefficient (Wildman–Crippen LogP) is 7.25. The molecule has 1 amide bonds. The largest absolute Gasteiger partial charge is 0.343 e. The van der Waals surface area contributed by atoms with Gasteiger partial charge in [-0.15, -0.1) is 0 Å². The number of aliphatic imine (C=N–C) groups is 1. The van der Waals surface area contributed by atoms with Crippen LogP contribution >= 0.6 is 0 Å². The summed E-state index contributed by atoms with van der Waals surface area (Å²) in [4.78, 5) is 18.4. The first kappa shape index (κ1) is 24.2. The third kappa shape index (κ3) is 6.33. The Hall–Kier alpha value is -3.98. The Morgan fingerprint density at radius 1 is 0.629 bits per heavy atom. The monoisotopic (exact) mass is 460 g/mol. The van der Waals surface area contributed by atoms with E-state index in [1.165, 1.54) is 16.7 Å². The van der Waals surface area contributed by atoms with Gasteiger partial charge in [-0.05, 0) is 56.5 Å². The molecule has 0 saturated carbocycles. The van der Waals surface area contributed by atoms with Crippen molar-refractivity contribution in [3.8, 4) is 0 Å². The number of rotatable bonds is 7. The first-order valence-corrected chi connectivity index (χ1v) is 12.0. The molecule has 0 heterocycles. The molecule has 35 heavy (non-hydrogen) atoms. The maximum absolute atomic E-state index is 13.3. The number of carbonyl (C=O) groups excluding carboxylic acids is 1. The Morgan fingerprint density at radius 3 is 1.57 bits per heavy atom. The summed E-state index contributed by atoms with van der Waals surface area (Å²) in [5.41, 5.74) is 8.42. The Morgan fingerprint density at radius 2 is 1.06 bits per heavy atom. The highest BCUT2D eigenvalue weighted by Gasteiger charge is 2.26. The lowest BCUT2D eigenvalue weighted by molar-refractivity contribution is 0.0930. The fraction of sp³-hybridized carbons (Fsp3) is 0.188. The van der Waals surface area contributed by atoms with Crippen LogP contribution < -0.4 is 5.32 Å². The highest BCUT2D eigenvalue weighted by Crippen LogP contribution is 2.33. The van der Waals surface area contributed by atoms with Gasteiger partial charge in [0.15, 0.2) is 0 Å². The first-order chi connectivity index (χ1) is 16.9. The van der Waals surface area contributed by atoms with Crippen molar-refractivity contribution in [2.45, 2.75) is 39.8 Å². The van der Waals surface area contributed by atoms with Crippen LogP contribution in [0.4, 0.5) is 0 Å². The fourth-order valence-corrected chi connectivity index (χ4v) is 3.99. The molecule has 3 heteroatoms. The summed E-state index contributed by atoms with van der Waals surface area (Å²) >= 11 is 0. The molecule has 4 aromatic carbocycles. The van der Waals surface area contributed by atoms with Gasteiger partial charge in [-0.3, -0.25) is 9.79 Å². The maximum atomic E-state index is 13.3. The smallest absolute Gasteiger partial charge is 0.251 e. The SMILES string of the molecule is Cc1ccc(/C=N\C(c2ccc(C)cc2)C(NC(=O)c2ccc(C)cc2)c2ccc(C)cc2)cc1. The number of benzene rings is 4. The minimum Gasteiger partial charge on any atom is -0.343 e. The highest BCUT2D eigenvalue weighted by molar-refractivity contribution is 5.94. The first-order valence-electron chi connectivity index (χ1n) is 12.0. The summed E-state index contributed by atoms with van der Waals surface area (Å²) in [6.07, 6.45) is 1.91. The van der Waals surface area contributed by atoms with Gasteiger partial charge in [0.05, 0.1) is 12.1 Å². The highest BCUT2D eigenvalue weighted by atomic mass is 16.1. The van der Waals surface area contributed by atoms with Gasteiger partial charge >= 0.3 is 0 Å². The van der Waals surface area contributed by atoms with E-state index in [0.717, 1.165) is 22.3 Å². The molecule has 4 rings (SSSR count). The molecule has 0 bridgehead atoms. The predicted molar refractivity (Wildman–Crippen MR) is 145 cm³/mol. The summed E-state index contributed by atoms with van der Waals surface area (Å²) in [6, 6.07) is 32.0. The van der Waals surface area contributed by atoms with Gasteiger partial charge in [-0.1, -0.05) is 107 Å². The summed E-state index contributed by atoms with van der Waals surface area (Å²) in [5.74, 6) is -0.113. The molecule has 2 unspecified atom stereocenters. The van der Waals surface area contributed by atoms with Gasteiger partial charge in [0, 0.05) is 11.8 Å². The van der Waals surface area contributed by atoms with Crippen LogP contribution in [0.5, 0.6) is 0 Å². The van der Waals surface area contributed by atoms with Crippen LogP contribution in [0, 0.1) is 27.7 Å².